The fourth-order valence-electron chi connectivity index (χ4n) is 3.23. The first-order valence-corrected chi connectivity index (χ1v) is 10.8. The highest BCUT2D eigenvalue weighted by Gasteiger charge is 2.17. The van der Waals surface area contributed by atoms with Gasteiger partial charge < -0.3 is 18.9 Å². The summed E-state index contributed by atoms with van der Waals surface area (Å²) in [5.74, 6) is 2.91. The second-order valence-corrected chi connectivity index (χ2v) is 8.09. The molecule has 0 spiro atoms. The van der Waals surface area contributed by atoms with Crippen LogP contribution in [0.15, 0.2) is 51.9 Å². The SMILES string of the molecule is COc1ccc(-c2csc(=NC(C)C)n2N=C(C)c2ccc3c(c2)OCO3)c(OC)c1. The highest BCUT2D eigenvalue weighted by atomic mass is 32.1. The lowest BCUT2D eigenvalue weighted by Crippen LogP contribution is -2.16. The van der Waals surface area contributed by atoms with E-state index in [4.69, 9.17) is 29.0 Å². The van der Waals surface area contributed by atoms with Gasteiger partial charge in [0, 0.05) is 28.6 Å². The average molecular weight is 440 g/mol. The molecule has 0 atom stereocenters. The second kappa shape index (κ2) is 8.85. The Morgan fingerprint density at radius 3 is 2.61 bits per heavy atom. The number of fused-ring (bicyclic) bond motifs is 1. The fraction of sp³-hybridized carbons (Fsp3) is 0.304. The molecule has 1 aliphatic rings. The van der Waals surface area contributed by atoms with Gasteiger partial charge in [0.15, 0.2) is 11.5 Å². The second-order valence-electron chi connectivity index (χ2n) is 7.26. The van der Waals surface area contributed by atoms with E-state index in [1.54, 1.807) is 25.6 Å². The maximum absolute atomic E-state index is 5.63. The van der Waals surface area contributed by atoms with Gasteiger partial charge in [0.25, 0.3) is 0 Å². The maximum atomic E-state index is 5.63. The maximum Gasteiger partial charge on any atom is 0.231 e. The molecule has 0 bridgehead atoms. The Morgan fingerprint density at radius 1 is 1.06 bits per heavy atom. The topological polar surface area (TPSA) is 66.6 Å². The van der Waals surface area contributed by atoms with Crippen LogP contribution in [-0.2, 0) is 0 Å². The van der Waals surface area contributed by atoms with E-state index in [-0.39, 0.29) is 12.8 Å². The molecule has 8 heteroatoms. The van der Waals surface area contributed by atoms with E-state index in [9.17, 15) is 0 Å². The summed E-state index contributed by atoms with van der Waals surface area (Å²) in [7, 11) is 3.29. The summed E-state index contributed by atoms with van der Waals surface area (Å²) in [6.45, 7) is 6.31. The van der Waals surface area contributed by atoms with Crippen LogP contribution in [0.25, 0.3) is 11.3 Å². The highest BCUT2D eigenvalue weighted by molar-refractivity contribution is 7.07. The number of hydrogen-bond donors (Lipinski definition) is 0. The van der Waals surface area contributed by atoms with E-state index >= 15 is 0 Å². The van der Waals surface area contributed by atoms with Gasteiger partial charge >= 0.3 is 0 Å². The van der Waals surface area contributed by atoms with Crippen molar-refractivity contribution >= 4 is 17.0 Å². The predicted octanol–water partition coefficient (Wildman–Crippen LogP) is 4.54. The average Bonchev–Trinajstić information content (AvgIpc) is 3.39. The first-order chi connectivity index (χ1) is 15.0. The fourth-order valence-corrected chi connectivity index (χ4v) is 4.19. The van der Waals surface area contributed by atoms with Gasteiger partial charge in [-0.05, 0) is 51.1 Å². The van der Waals surface area contributed by atoms with Crippen molar-refractivity contribution in [3.63, 3.8) is 0 Å². The molecule has 1 aliphatic heterocycles. The summed E-state index contributed by atoms with van der Waals surface area (Å²) in [6, 6.07) is 11.7. The Hall–Kier alpha value is -3.26. The van der Waals surface area contributed by atoms with E-state index in [1.165, 1.54) is 0 Å². The van der Waals surface area contributed by atoms with Crippen molar-refractivity contribution in [1.82, 2.24) is 4.68 Å². The summed E-state index contributed by atoms with van der Waals surface area (Å²) < 4.78 is 23.8. The molecule has 0 aliphatic carbocycles. The Morgan fingerprint density at radius 2 is 1.87 bits per heavy atom. The van der Waals surface area contributed by atoms with Crippen molar-refractivity contribution in [2.45, 2.75) is 26.8 Å². The molecule has 0 radical (unpaired) electrons. The van der Waals surface area contributed by atoms with E-state index in [1.807, 2.05) is 67.2 Å². The molecule has 2 heterocycles. The molecule has 4 rings (SSSR count). The minimum atomic E-state index is 0.136. The van der Waals surface area contributed by atoms with Crippen molar-refractivity contribution in [3.8, 4) is 34.3 Å². The van der Waals surface area contributed by atoms with Gasteiger partial charge in [-0.3, -0.25) is 4.99 Å². The smallest absolute Gasteiger partial charge is 0.231 e. The van der Waals surface area contributed by atoms with Gasteiger partial charge in [0.1, 0.15) is 11.5 Å². The van der Waals surface area contributed by atoms with E-state index in [0.717, 1.165) is 44.6 Å². The lowest BCUT2D eigenvalue weighted by molar-refractivity contribution is 0.174. The molecule has 31 heavy (non-hydrogen) atoms. The lowest BCUT2D eigenvalue weighted by Gasteiger charge is -2.12. The Kier molecular flexibility index (Phi) is 5.99. The molecule has 0 fully saturated rings. The number of ether oxygens (including phenoxy) is 4. The van der Waals surface area contributed by atoms with Crippen LogP contribution in [0.5, 0.6) is 23.0 Å². The number of aromatic nitrogens is 1. The largest absolute Gasteiger partial charge is 0.497 e. The van der Waals surface area contributed by atoms with Crippen LogP contribution >= 0.6 is 11.3 Å². The number of methoxy groups -OCH3 is 2. The van der Waals surface area contributed by atoms with Crippen LogP contribution in [0.2, 0.25) is 0 Å². The van der Waals surface area contributed by atoms with E-state index < -0.39 is 0 Å². The Labute approximate surface area is 185 Å². The summed E-state index contributed by atoms with van der Waals surface area (Å²) in [6.07, 6.45) is 0. The van der Waals surface area contributed by atoms with Crippen LogP contribution in [0.4, 0.5) is 0 Å². The zero-order valence-electron chi connectivity index (χ0n) is 18.2. The summed E-state index contributed by atoms with van der Waals surface area (Å²) in [5, 5.41) is 6.97. The molecule has 162 valence electrons. The van der Waals surface area contributed by atoms with Crippen molar-refractivity contribution < 1.29 is 18.9 Å². The third-order valence-electron chi connectivity index (χ3n) is 4.78. The van der Waals surface area contributed by atoms with Crippen molar-refractivity contribution in [1.29, 1.82) is 0 Å². The zero-order chi connectivity index (χ0) is 22.0. The van der Waals surface area contributed by atoms with Gasteiger partial charge in [-0.15, -0.1) is 11.3 Å². The van der Waals surface area contributed by atoms with Crippen molar-refractivity contribution in [2.24, 2.45) is 10.1 Å². The molecule has 0 saturated heterocycles. The predicted molar refractivity (Wildman–Crippen MR) is 122 cm³/mol. The third kappa shape index (κ3) is 4.29. The number of hydrogen-bond acceptors (Lipinski definition) is 7. The van der Waals surface area contributed by atoms with Crippen LogP contribution < -0.4 is 23.7 Å². The molecule has 2 aromatic carbocycles. The molecular weight excluding hydrogens is 414 g/mol. The minimum absolute atomic E-state index is 0.136. The van der Waals surface area contributed by atoms with Crippen LogP contribution in [-0.4, -0.2) is 37.4 Å². The lowest BCUT2D eigenvalue weighted by atomic mass is 10.1. The number of benzene rings is 2. The zero-order valence-corrected chi connectivity index (χ0v) is 19.0. The first kappa shape index (κ1) is 21.0. The standard InChI is InChI=1S/C23H25N3O4S/c1-14(2)24-23-26(25-15(3)16-6-9-20-22(10-16)30-13-29-20)19(12-31-23)18-8-7-17(27-4)11-21(18)28-5/h6-12,14H,13H2,1-5H3. The molecule has 0 N–H and O–H groups in total. The van der Waals surface area contributed by atoms with Crippen molar-refractivity contribution in [3.05, 3.63) is 52.1 Å². The molecule has 0 unspecified atom stereocenters. The van der Waals surface area contributed by atoms with Crippen LogP contribution in [0.3, 0.4) is 0 Å². The van der Waals surface area contributed by atoms with Gasteiger partial charge in [0.05, 0.1) is 25.6 Å². The highest BCUT2D eigenvalue weighted by Crippen LogP contribution is 2.35. The molecule has 1 aromatic heterocycles. The van der Waals surface area contributed by atoms with Gasteiger partial charge in [-0.1, -0.05) is 0 Å². The summed E-state index contributed by atoms with van der Waals surface area (Å²) in [4.78, 5) is 5.57. The molecular formula is C23H25N3O4S. The molecule has 7 nitrogen and oxygen atoms in total. The third-order valence-corrected chi connectivity index (χ3v) is 5.61. The first-order valence-electron chi connectivity index (χ1n) is 9.92. The molecule has 3 aromatic rings. The van der Waals surface area contributed by atoms with E-state index in [2.05, 4.69) is 0 Å². The van der Waals surface area contributed by atoms with Crippen LogP contribution in [0.1, 0.15) is 26.3 Å². The normalized spacial score (nSPS) is 13.7. The number of rotatable bonds is 6. The van der Waals surface area contributed by atoms with Crippen molar-refractivity contribution in [2.75, 3.05) is 21.0 Å². The number of nitrogens with zero attached hydrogens (tertiary/aromatic N) is 3. The quantitative estimate of drug-likeness (QED) is 0.529. The van der Waals surface area contributed by atoms with Crippen LogP contribution in [0, 0.1) is 0 Å². The monoisotopic (exact) mass is 439 g/mol. The summed E-state index contributed by atoms with van der Waals surface area (Å²) in [5.41, 5.74) is 3.58. The summed E-state index contributed by atoms with van der Waals surface area (Å²) >= 11 is 1.54. The van der Waals surface area contributed by atoms with E-state index in [0.29, 0.717) is 5.75 Å². The Bertz CT molecular complexity index is 1190. The number of thiazole rings is 1. The Balaban J connectivity index is 1.85. The van der Waals surface area contributed by atoms with Gasteiger partial charge in [0.2, 0.25) is 11.6 Å². The van der Waals surface area contributed by atoms with Gasteiger partial charge in [-0.25, -0.2) is 4.68 Å². The van der Waals surface area contributed by atoms with Gasteiger partial charge in [-0.2, -0.15) is 5.10 Å². The molecule has 0 amide bonds. The molecule has 0 saturated carbocycles. The minimum Gasteiger partial charge on any atom is -0.497 e.